The summed E-state index contributed by atoms with van der Waals surface area (Å²) in [4.78, 5) is 11.1. The summed E-state index contributed by atoms with van der Waals surface area (Å²) < 4.78 is 16.1. The number of carbonyl (C=O) groups excluding carboxylic acids is 1. The van der Waals surface area contributed by atoms with Gasteiger partial charge in [-0.1, -0.05) is 27.7 Å². The van der Waals surface area contributed by atoms with Crippen molar-refractivity contribution in [3.63, 3.8) is 0 Å². The van der Waals surface area contributed by atoms with Gasteiger partial charge in [-0.25, -0.2) is 4.21 Å². The summed E-state index contributed by atoms with van der Waals surface area (Å²) in [7, 11) is -2.28. The first-order valence-electron chi connectivity index (χ1n) is 4.65. The highest BCUT2D eigenvalue weighted by Gasteiger charge is 2.37. The molecule has 0 N–H and O–H groups in total. The summed E-state index contributed by atoms with van der Waals surface area (Å²) >= 11 is 0. The minimum absolute atomic E-state index is 0.0219. The molecule has 1 aliphatic rings. The third-order valence-corrected chi connectivity index (χ3v) is 5.89. The van der Waals surface area contributed by atoms with Crippen LogP contribution in [0, 0.1) is 5.92 Å². The molecule has 0 aromatic heterocycles. The molecule has 0 aromatic carbocycles. The molecule has 0 aromatic rings. The molecule has 0 bridgehead atoms. The molecule has 0 spiro atoms. The van der Waals surface area contributed by atoms with E-state index in [1.807, 2.05) is 27.7 Å². The minimum atomic E-state index is -2.28. The van der Waals surface area contributed by atoms with E-state index in [1.165, 1.54) is 0 Å². The Morgan fingerprint density at radius 1 is 1.38 bits per heavy atom. The molecule has 1 aliphatic heterocycles. The fourth-order valence-corrected chi connectivity index (χ4v) is 4.24. The molecule has 3 nitrogen and oxygen atoms in total. The van der Waals surface area contributed by atoms with Crippen molar-refractivity contribution in [1.82, 2.24) is 0 Å². The molecule has 1 rings (SSSR count). The lowest BCUT2D eigenvalue weighted by molar-refractivity contribution is -0.117. The highest BCUT2D eigenvalue weighted by molar-refractivity contribution is 7.95. The van der Waals surface area contributed by atoms with E-state index >= 15 is 0 Å². The van der Waals surface area contributed by atoms with Crippen molar-refractivity contribution in [1.29, 1.82) is 0 Å². The van der Waals surface area contributed by atoms with Crippen LogP contribution in [-0.2, 0) is 14.5 Å². The van der Waals surface area contributed by atoms with Crippen molar-refractivity contribution in [2.24, 2.45) is 10.3 Å². The Balaban J connectivity index is 3.12. The second-order valence-corrected chi connectivity index (χ2v) is 7.09. The molecule has 1 amide bonds. The Hall–Kier alpha value is -0.380. The fourth-order valence-electron chi connectivity index (χ4n) is 1.64. The van der Waals surface area contributed by atoms with Crippen LogP contribution in [0.3, 0.4) is 0 Å². The maximum Gasteiger partial charge on any atom is 0.255 e. The van der Waals surface area contributed by atoms with Crippen LogP contribution in [0.4, 0.5) is 0 Å². The largest absolute Gasteiger partial charge is 0.272 e. The van der Waals surface area contributed by atoms with Gasteiger partial charge in [0.05, 0.1) is 15.0 Å². The lowest BCUT2D eigenvalue weighted by atomic mass is 10.1. The van der Waals surface area contributed by atoms with Crippen LogP contribution in [0.5, 0.6) is 0 Å². The van der Waals surface area contributed by atoms with E-state index in [1.54, 1.807) is 0 Å². The normalized spacial score (nSPS) is 34.3. The number of rotatable bonds is 2. The first-order chi connectivity index (χ1) is 5.88. The van der Waals surface area contributed by atoms with Gasteiger partial charge < -0.3 is 0 Å². The molecule has 13 heavy (non-hydrogen) atoms. The predicted octanol–water partition coefficient (Wildman–Crippen LogP) is 1.82. The summed E-state index contributed by atoms with van der Waals surface area (Å²) in [6.45, 7) is 7.75. The van der Waals surface area contributed by atoms with Crippen LogP contribution in [0.2, 0.25) is 0 Å². The molecule has 2 unspecified atom stereocenters. The van der Waals surface area contributed by atoms with Gasteiger partial charge in [-0.05, 0) is 5.92 Å². The smallest absolute Gasteiger partial charge is 0.255 e. The van der Waals surface area contributed by atoms with Gasteiger partial charge in [0.15, 0.2) is 0 Å². The number of hydrogen-bond donors (Lipinski definition) is 0. The maximum absolute atomic E-state index is 12.3. The second kappa shape index (κ2) is 3.40. The third kappa shape index (κ3) is 1.77. The molecule has 4 heteroatoms. The summed E-state index contributed by atoms with van der Waals surface area (Å²) in [6, 6.07) is 0. The average molecular weight is 203 g/mol. The Labute approximate surface area is 80.1 Å². The summed E-state index contributed by atoms with van der Waals surface area (Å²) in [5.41, 5.74) is 0. The van der Waals surface area contributed by atoms with Gasteiger partial charge in [0.2, 0.25) is 0 Å². The zero-order valence-electron chi connectivity index (χ0n) is 8.61. The molecule has 0 saturated heterocycles. The summed E-state index contributed by atoms with van der Waals surface area (Å²) in [6.07, 6.45) is 0.370. The van der Waals surface area contributed by atoms with Crippen LogP contribution in [0.15, 0.2) is 4.36 Å². The van der Waals surface area contributed by atoms with Crippen LogP contribution >= 0.6 is 0 Å². The lowest BCUT2D eigenvalue weighted by Gasteiger charge is -2.20. The maximum atomic E-state index is 12.3. The van der Waals surface area contributed by atoms with Gasteiger partial charge in [-0.3, -0.25) is 4.79 Å². The van der Waals surface area contributed by atoms with E-state index in [0.717, 1.165) is 0 Å². The highest BCUT2D eigenvalue weighted by atomic mass is 32.2. The molecule has 0 fully saturated rings. The third-order valence-electron chi connectivity index (χ3n) is 2.47. The SMILES string of the molecule is CC(C)C1CC(=O)N=S1(=O)C(C)C. The van der Waals surface area contributed by atoms with Gasteiger partial charge in [-0.15, -0.1) is 0 Å². The standard InChI is InChI=1S/C9H17NO2S/c1-6(2)8-5-9(11)10-13(8,12)7(3)4/h6-8H,5H2,1-4H3. The summed E-state index contributed by atoms with van der Waals surface area (Å²) in [5.74, 6) is 0.0856. The molecule has 0 saturated carbocycles. The van der Waals surface area contributed by atoms with Crippen molar-refractivity contribution in [2.45, 2.75) is 44.6 Å². The van der Waals surface area contributed by atoms with Crippen molar-refractivity contribution in [2.75, 3.05) is 0 Å². The molecular weight excluding hydrogens is 186 g/mol. The Morgan fingerprint density at radius 2 is 1.92 bits per heavy atom. The average Bonchev–Trinajstić information content (AvgIpc) is 2.27. The summed E-state index contributed by atoms with van der Waals surface area (Å²) in [5, 5.41) is -0.0636. The number of amides is 1. The van der Waals surface area contributed by atoms with Crippen LogP contribution in [0.25, 0.3) is 0 Å². The van der Waals surface area contributed by atoms with Crippen molar-refractivity contribution in [3.8, 4) is 0 Å². The lowest BCUT2D eigenvalue weighted by Crippen LogP contribution is -2.29. The van der Waals surface area contributed by atoms with E-state index in [4.69, 9.17) is 0 Å². The van der Waals surface area contributed by atoms with E-state index in [0.29, 0.717) is 6.42 Å². The number of carbonyl (C=O) groups is 1. The first kappa shape index (κ1) is 10.7. The molecule has 1 heterocycles. The number of nitrogens with zero attached hydrogens (tertiary/aromatic N) is 1. The highest BCUT2D eigenvalue weighted by Crippen LogP contribution is 2.28. The van der Waals surface area contributed by atoms with Gasteiger partial charge in [0.25, 0.3) is 5.91 Å². The predicted molar refractivity (Wildman–Crippen MR) is 54.0 cm³/mol. The minimum Gasteiger partial charge on any atom is -0.272 e. The van der Waals surface area contributed by atoms with Crippen molar-refractivity contribution in [3.05, 3.63) is 0 Å². The van der Waals surface area contributed by atoms with Crippen molar-refractivity contribution < 1.29 is 9.00 Å². The van der Waals surface area contributed by atoms with Crippen molar-refractivity contribution >= 4 is 15.6 Å². The van der Waals surface area contributed by atoms with Crippen LogP contribution in [-0.4, -0.2) is 20.6 Å². The zero-order chi connectivity index (χ0) is 10.2. The van der Waals surface area contributed by atoms with Gasteiger partial charge in [-0.2, -0.15) is 4.36 Å². The fraction of sp³-hybridized carbons (Fsp3) is 0.889. The monoisotopic (exact) mass is 203 g/mol. The number of hydrogen-bond acceptors (Lipinski definition) is 2. The molecular formula is C9H17NO2S. The topological polar surface area (TPSA) is 46.5 Å². The Kier molecular flexibility index (Phi) is 2.80. The van der Waals surface area contributed by atoms with Gasteiger partial charge >= 0.3 is 0 Å². The Bertz CT molecular complexity index is 325. The van der Waals surface area contributed by atoms with E-state index in [2.05, 4.69) is 4.36 Å². The van der Waals surface area contributed by atoms with E-state index < -0.39 is 9.73 Å². The van der Waals surface area contributed by atoms with E-state index in [9.17, 15) is 9.00 Å². The van der Waals surface area contributed by atoms with Gasteiger partial charge in [0.1, 0.15) is 0 Å². The molecule has 2 atom stereocenters. The van der Waals surface area contributed by atoms with E-state index in [-0.39, 0.29) is 22.3 Å². The molecule has 0 aliphatic carbocycles. The quantitative estimate of drug-likeness (QED) is 0.687. The Morgan fingerprint density at radius 3 is 2.23 bits per heavy atom. The molecule has 0 radical (unpaired) electrons. The first-order valence-corrected chi connectivity index (χ1v) is 6.29. The van der Waals surface area contributed by atoms with Crippen LogP contribution < -0.4 is 0 Å². The zero-order valence-corrected chi connectivity index (χ0v) is 9.43. The van der Waals surface area contributed by atoms with Gasteiger partial charge in [0, 0.05) is 11.7 Å². The van der Waals surface area contributed by atoms with Crippen LogP contribution in [0.1, 0.15) is 34.1 Å². The second-order valence-electron chi connectivity index (χ2n) is 4.13. The molecule has 76 valence electrons.